The van der Waals surface area contributed by atoms with Crippen molar-refractivity contribution in [2.75, 3.05) is 0 Å². The highest BCUT2D eigenvalue weighted by Gasteiger charge is 2.32. The summed E-state index contributed by atoms with van der Waals surface area (Å²) in [6.45, 7) is 5.79. The van der Waals surface area contributed by atoms with Crippen LogP contribution in [0.4, 0.5) is 0 Å². The molecule has 0 saturated carbocycles. The molecule has 0 radical (unpaired) electrons. The van der Waals surface area contributed by atoms with Crippen molar-refractivity contribution in [3.05, 3.63) is 107 Å². The van der Waals surface area contributed by atoms with Crippen LogP contribution in [-0.2, 0) is 0 Å². The maximum atomic E-state index is 6.15. The van der Waals surface area contributed by atoms with Crippen LogP contribution in [0.2, 0.25) is 0 Å². The largest absolute Gasteiger partial charge is 0.454 e. The summed E-state index contributed by atoms with van der Waals surface area (Å²) in [5, 5.41) is 0. The molecule has 0 atom stereocenters. The number of aromatic nitrogens is 1. The van der Waals surface area contributed by atoms with Crippen LogP contribution >= 0.6 is 0 Å². The Kier molecular flexibility index (Phi) is 4.10. The highest BCUT2D eigenvalue weighted by atomic mass is 16.5. The van der Waals surface area contributed by atoms with E-state index in [9.17, 15) is 0 Å². The van der Waals surface area contributed by atoms with E-state index in [1.165, 1.54) is 0 Å². The van der Waals surface area contributed by atoms with E-state index < -0.39 is 0 Å². The molecule has 2 aromatic carbocycles. The summed E-state index contributed by atoms with van der Waals surface area (Å²) in [6, 6.07) is 19.7. The first-order valence-electron chi connectivity index (χ1n) is 9.40. The summed E-state index contributed by atoms with van der Waals surface area (Å²) in [4.78, 5) is 9.04. The lowest BCUT2D eigenvalue weighted by Crippen LogP contribution is -2.12. The number of pyridine rings is 1. The van der Waals surface area contributed by atoms with E-state index in [-0.39, 0.29) is 0 Å². The fourth-order valence-corrected chi connectivity index (χ4v) is 3.78. The molecular formula is C25H18N2O2. The molecule has 4 nitrogen and oxygen atoms in total. The predicted molar refractivity (Wildman–Crippen MR) is 115 cm³/mol. The summed E-state index contributed by atoms with van der Waals surface area (Å²) >= 11 is 0. The zero-order chi connectivity index (χ0) is 19.8. The van der Waals surface area contributed by atoms with Crippen LogP contribution in [0.3, 0.4) is 0 Å². The highest BCUT2D eigenvalue weighted by molar-refractivity contribution is 6.08. The van der Waals surface area contributed by atoms with Gasteiger partial charge in [-0.1, -0.05) is 42.5 Å². The molecule has 0 saturated heterocycles. The monoisotopic (exact) mass is 378 g/mol. The number of benzene rings is 2. The number of ether oxygens (including phenoxy) is 2. The van der Waals surface area contributed by atoms with E-state index in [2.05, 4.69) is 16.7 Å². The Labute approximate surface area is 169 Å². The molecule has 140 valence electrons. The molecule has 0 fully saturated rings. The van der Waals surface area contributed by atoms with Crippen molar-refractivity contribution in [2.45, 2.75) is 6.92 Å². The van der Waals surface area contributed by atoms with Gasteiger partial charge in [-0.05, 0) is 44.0 Å². The fraction of sp³-hybridized carbons (Fsp3) is 0.0400. The third kappa shape index (κ3) is 2.69. The second kappa shape index (κ2) is 6.91. The Hall–Kier alpha value is -3.92. The summed E-state index contributed by atoms with van der Waals surface area (Å²) in [6.07, 6.45) is 5.62. The third-order valence-electron chi connectivity index (χ3n) is 4.96. The van der Waals surface area contributed by atoms with Gasteiger partial charge in [0, 0.05) is 28.5 Å². The highest BCUT2D eigenvalue weighted by Crippen LogP contribution is 2.50. The molecule has 2 aliphatic rings. The van der Waals surface area contributed by atoms with Crippen LogP contribution in [0.1, 0.15) is 23.7 Å². The Balaban J connectivity index is 1.96. The van der Waals surface area contributed by atoms with Crippen LogP contribution in [0.5, 0.6) is 17.2 Å². The van der Waals surface area contributed by atoms with Crippen LogP contribution in [0.25, 0.3) is 11.1 Å². The molecule has 5 rings (SSSR count). The molecule has 0 spiro atoms. The minimum Gasteiger partial charge on any atom is -0.454 e. The van der Waals surface area contributed by atoms with Gasteiger partial charge in [0.05, 0.1) is 0 Å². The van der Waals surface area contributed by atoms with E-state index in [1.54, 1.807) is 6.20 Å². The van der Waals surface area contributed by atoms with E-state index in [1.807, 2.05) is 79.7 Å². The number of allylic oxidation sites excluding steroid dienone is 3. The Morgan fingerprint density at radius 1 is 0.828 bits per heavy atom. The summed E-state index contributed by atoms with van der Waals surface area (Å²) in [5.41, 5.74) is 5.27. The normalized spacial score (nSPS) is 17.1. The molecule has 1 aromatic heterocycles. The Bertz CT molecular complexity index is 1190. The minimum atomic E-state index is 0.658. The molecule has 0 N–H and O–H groups in total. The van der Waals surface area contributed by atoms with Gasteiger partial charge in [0.1, 0.15) is 22.9 Å². The van der Waals surface area contributed by atoms with Gasteiger partial charge in [-0.3, -0.25) is 9.98 Å². The molecular weight excluding hydrogens is 360 g/mol. The predicted octanol–water partition coefficient (Wildman–Crippen LogP) is 6.03. The Morgan fingerprint density at radius 3 is 2.21 bits per heavy atom. The maximum Gasteiger partial charge on any atom is 0.153 e. The average molecular weight is 378 g/mol. The standard InChI is InChI=1S/C25H18N2O2/c1-3-9-20-24(26-2)22(16-10-4-6-12-18(16)28-20)23-17-11-5-7-13-19(17)29-21-14-8-15-27-25(21)23/h3-15H,2H2,1H3. The van der Waals surface area contributed by atoms with Crippen molar-refractivity contribution in [2.24, 2.45) is 4.99 Å². The van der Waals surface area contributed by atoms with Gasteiger partial charge >= 0.3 is 0 Å². The van der Waals surface area contributed by atoms with Crippen molar-refractivity contribution < 1.29 is 9.47 Å². The zero-order valence-corrected chi connectivity index (χ0v) is 15.9. The van der Waals surface area contributed by atoms with Gasteiger partial charge in [-0.25, -0.2) is 0 Å². The average Bonchev–Trinajstić information content (AvgIpc) is 2.77. The third-order valence-corrected chi connectivity index (χ3v) is 4.96. The van der Waals surface area contributed by atoms with E-state index >= 15 is 0 Å². The molecule has 0 aliphatic carbocycles. The molecule has 3 heterocycles. The number of para-hydroxylation sites is 2. The number of hydrogen-bond acceptors (Lipinski definition) is 4. The van der Waals surface area contributed by atoms with E-state index in [0.717, 1.165) is 39.5 Å². The van der Waals surface area contributed by atoms with Crippen LogP contribution < -0.4 is 9.47 Å². The van der Waals surface area contributed by atoms with Gasteiger partial charge in [0.2, 0.25) is 0 Å². The van der Waals surface area contributed by atoms with Crippen molar-refractivity contribution >= 4 is 17.9 Å². The minimum absolute atomic E-state index is 0.658. The topological polar surface area (TPSA) is 43.7 Å². The number of nitrogens with zero attached hydrogens (tertiary/aromatic N) is 2. The molecule has 0 unspecified atom stereocenters. The van der Waals surface area contributed by atoms with Crippen molar-refractivity contribution in [3.63, 3.8) is 0 Å². The fourth-order valence-electron chi connectivity index (χ4n) is 3.78. The lowest BCUT2D eigenvalue weighted by Gasteiger charge is -2.28. The number of rotatable bonds is 2. The maximum absolute atomic E-state index is 6.15. The molecule has 2 aliphatic heterocycles. The molecule has 4 heteroatoms. The Morgan fingerprint density at radius 2 is 1.48 bits per heavy atom. The first kappa shape index (κ1) is 17.2. The second-order valence-electron chi connectivity index (χ2n) is 6.67. The van der Waals surface area contributed by atoms with Crippen LogP contribution in [0.15, 0.2) is 95.5 Å². The summed E-state index contributed by atoms with van der Waals surface area (Å²) < 4.78 is 12.3. The van der Waals surface area contributed by atoms with Gasteiger partial charge in [-0.2, -0.15) is 0 Å². The molecule has 29 heavy (non-hydrogen) atoms. The molecule has 0 amide bonds. The van der Waals surface area contributed by atoms with Crippen LogP contribution in [-0.4, -0.2) is 11.7 Å². The summed E-state index contributed by atoms with van der Waals surface area (Å²) in [5.74, 6) is 2.94. The number of aliphatic imine (C=N–C) groups is 1. The van der Waals surface area contributed by atoms with E-state index in [0.29, 0.717) is 17.2 Å². The lowest BCUT2D eigenvalue weighted by molar-refractivity contribution is 0.433. The second-order valence-corrected chi connectivity index (χ2v) is 6.67. The van der Waals surface area contributed by atoms with Crippen molar-refractivity contribution in [3.8, 4) is 17.2 Å². The molecule has 0 bridgehead atoms. The SMILES string of the molecule is C=NC1=C(C=CC)Oc2ccccc2C1=C1c2ccccc2Oc2cccnc21. The number of hydrogen-bond donors (Lipinski definition) is 0. The van der Waals surface area contributed by atoms with Gasteiger partial charge < -0.3 is 9.47 Å². The smallest absolute Gasteiger partial charge is 0.153 e. The first-order valence-corrected chi connectivity index (χ1v) is 9.40. The van der Waals surface area contributed by atoms with Crippen LogP contribution in [0, 0.1) is 0 Å². The zero-order valence-electron chi connectivity index (χ0n) is 15.9. The quantitative estimate of drug-likeness (QED) is 0.400. The molecule has 3 aromatic rings. The first-order chi connectivity index (χ1) is 14.3. The lowest BCUT2D eigenvalue weighted by atomic mass is 9.86. The summed E-state index contributed by atoms with van der Waals surface area (Å²) in [7, 11) is 0. The van der Waals surface area contributed by atoms with Crippen molar-refractivity contribution in [1.29, 1.82) is 0 Å². The van der Waals surface area contributed by atoms with E-state index in [4.69, 9.17) is 9.47 Å². The van der Waals surface area contributed by atoms with Gasteiger partial charge in [0.25, 0.3) is 0 Å². The number of fused-ring (bicyclic) bond motifs is 3. The van der Waals surface area contributed by atoms with Crippen molar-refractivity contribution in [1.82, 2.24) is 4.98 Å². The van der Waals surface area contributed by atoms with Gasteiger partial charge in [-0.15, -0.1) is 0 Å². The van der Waals surface area contributed by atoms with Gasteiger partial charge in [0.15, 0.2) is 11.5 Å².